The highest BCUT2D eigenvalue weighted by atomic mass is 32.2. The second kappa shape index (κ2) is 12.2. The van der Waals surface area contributed by atoms with Crippen LogP contribution in [0.5, 0.6) is 11.5 Å². The van der Waals surface area contributed by atoms with E-state index in [1.54, 1.807) is 48.5 Å². The summed E-state index contributed by atoms with van der Waals surface area (Å²) in [7, 11) is -2.69. The van der Waals surface area contributed by atoms with Crippen molar-refractivity contribution in [1.82, 2.24) is 9.29 Å². The number of para-hydroxylation sites is 2. The predicted octanol–water partition coefficient (Wildman–Crippen LogP) is 3.89. The van der Waals surface area contributed by atoms with Crippen LogP contribution < -0.4 is 10.1 Å². The van der Waals surface area contributed by atoms with E-state index in [1.165, 1.54) is 55.7 Å². The van der Waals surface area contributed by atoms with E-state index in [0.29, 0.717) is 0 Å². The summed E-state index contributed by atoms with van der Waals surface area (Å²) in [6, 6.07) is 22.5. The number of phenolic OH excluding ortho intramolecular Hbond substituents is 1. The second-order valence-corrected chi connectivity index (χ2v) is 10.5. The van der Waals surface area contributed by atoms with Crippen LogP contribution in [0.15, 0.2) is 108 Å². The van der Waals surface area contributed by atoms with Crippen LogP contribution in [-0.2, 0) is 14.8 Å². The van der Waals surface area contributed by atoms with E-state index in [2.05, 4.69) is 10.3 Å². The van der Waals surface area contributed by atoms with E-state index < -0.39 is 33.6 Å². The van der Waals surface area contributed by atoms with Crippen molar-refractivity contribution in [2.45, 2.75) is 4.90 Å². The number of anilines is 1. The van der Waals surface area contributed by atoms with Gasteiger partial charge in [-0.25, -0.2) is 23.0 Å². The van der Waals surface area contributed by atoms with Crippen molar-refractivity contribution in [3.05, 3.63) is 120 Å². The third-order valence-electron chi connectivity index (χ3n) is 5.89. The Bertz CT molecular complexity index is 1810. The van der Waals surface area contributed by atoms with Crippen LogP contribution in [0, 0.1) is 0 Å². The fraction of sp³-hybridized carbons (Fsp3) is 0.0345. The number of likely N-dealkylation sites (N-methyl/N-ethyl adjacent to an activating group) is 1. The molecule has 1 aromatic heterocycles. The van der Waals surface area contributed by atoms with Crippen LogP contribution in [0.1, 0.15) is 26.3 Å². The van der Waals surface area contributed by atoms with Gasteiger partial charge in [0.15, 0.2) is 11.5 Å². The van der Waals surface area contributed by atoms with Crippen molar-refractivity contribution in [2.24, 2.45) is 0 Å². The Morgan fingerprint density at radius 2 is 1.45 bits per heavy atom. The van der Waals surface area contributed by atoms with E-state index in [9.17, 15) is 33.0 Å². The van der Waals surface area contributed by atoms with Gasteiger partial charge >= 0.3 is 11.9 Å². The molecular formula is C29H23N3O9S. The third kappa shape index (κ3) is 6.05. The molecule has 0 aliphatic carbocycles. The van der Waals surface area contributed by atoms with E-state index in [-0.39, 0.29) is 44.6 Å². The molecular weight excluding hydrogens is 566 g/mol. The molecule has 0 fully saturated rings. The summed E-state index contributed by atoms with van der Waals surface area (Å²) in [6.07, 6.45) is 1.49. The second-order valence-electron chi connectivity index (χ2n) is 8.54. The van der Waals surface area contributed by atoms with Crippen molar-refractivity contribution < 1.29 is 42.9 Å². The molecule has 3 aromatic carbocycles. The molecule has 1 amide bonds. The number of carboxylic acid groups (broad SMARTS) is 1. The quantitative estimate of drug-likeness (QED) is 0.197. The molecule has 1 aliphatic heterocycles. The monoisotopic (exact) mass is 589 g/mol. The van der Waals surface area contributed by atoms with Gasteiger partial charge in [-0.1, -0.05) is 42.5 Å². The molecule has 12 nitrogen and oxygen atoms in total. The molecule has 2 heterocycles. The van der Waals surface area contributed by atoms with Gasteiger partial charge < -0.3 is 25.4 Å². The van der Waals surface area contributed by atoms with E-state index in [1.807, 2.05) is 0 Å². The number of nitrogens with zero attached hydrogens (tertiary/aromatic N) is 2. The first-order chi connectivity index (χ1) is 20.0. The Kier molecular flexibility index (Phi) is 8.53. The number of hydrogen-bond donors (Lipinski definition) is 4. The number of aromatic hydroxyl groups is 1. The SMILES string of the molecule is CN1C(C(=O)Nc2ccccn2)=C(O)c2ccccc2S1(=O)=O.O=C(Oc1ccccc1C(=O)O)c1ccccc1O. The Morgan fingerprint density at radius 1 is 0.833 bits per heavy atom. The lowest BCUT2D eigenvalue weighted by molar-refractivity contribution is -0.113. The number of phenols is 1. The zero-order valence-corrected chi connectivity index (χ0v) is 22.6. The molecule has 4 aromatic rings. The summed E-state index contributed by atoms with van der Waals surface area (Å²) >= 11 is 0. The van der Waals surface area contributed by atoms with Gasteiger partial charge in [0.25, 0.3) is 15.9 Å². The van der Waals surface area contributed by atoms with Crippen molar-refractivity contribution >= 4 is 39.4 Å². The number of ether oxygens (including phenoxy) is 1. The van der Waals surface area contributed by atoms with Crippen LogP contribution in [0.3, 0.4) is 0 Å². The molecule has 13 heteroatoms. The smallest absolute Gasteiger partial charge is 0.347 e. The average Bonchev–Trinajstić information content (AvgIpc) is 2.98. The molecule has 1 aliphatic rings. The number of hydrogen-bond acceptors (Lipinski definition) is 9. The largest absolute Gasteiger partial charge is 0.507 e. The number of amides is 1. The minimum atomic E-state index is -3.91. The number of carbonyl (C=O) groups excluding carboxylic acids is 2. The molecule has 0 radical (unpaired) electrons. The topological polar surface area (TPSA) is 183 Å². The van der Waals surface area contributed by atoms with Gasteiger partial charge in [-0.3, -0.25) is 9.10 Å². The zero-order chi connectivity index (χ0) is 30.4. The van der Waals surface area contributed by atoms with Gasteiger partial charge in [-0.05, 0) is 48.5 Å². The number of nitrogens with one attached hydrogen (secondary N) is 1. The van der Waals surface area contributed by atoms with Crippen LogP contribution in [0.25, 0.3) is 5.76 Å². The Morgan fingerprint density at radius 3 is 2.12 bits per heavy atom. The first-order valence-corrected chi connectivity index (χ1v) is 13.5. The van der Waals surface area contributed by atoms with Gasteiger partial charge in [0.2, 0.25) is 0 Å². The van der Waals surface area contributed by atoms with E-state index >= 15 is 0 Å². The number of aliphatic hydroxyl groups excluding tert-OH is 1. The molecule has 5 rings (SSSR count). The molecule has 0 atom stereocenters. The lowest BCUT2D eigenvalue weighted by Gasteiger charge is -2.28. The summed E-state index contributed by atoms with van der Waals surface area (Å²) in [5.74, 6) is -3.20. The van der Waals surface area contributed by atoms with Crippen LogP contribution in [0.4, 0.5) is 5.82 Å². The molecule has 0 unspecified atom stereocenters. The molecule has 214 valence electrons. The van der Waals surface area contributed by atoms with Crippen LogP contribution in [0.2, 0.25) is 0 Å². The summed E-state index contributed by atoms with van der Waals surface area (Å²) in [5, 5.41) is 31.3. The van der Waals surface area contributed by atoms with Gasteiger partial charge in [-0.2, -0.15) is 0 Å². The lowest BCUT2D eigenvalue weighted by Crippen LogP contribution is -2.37. The number of rotatable bonds is 5. The average molecular weight is 590 g/mol. The maximum absolute atomic E-state index is 12.5. The first-order valence-electron chi connectivity index (χ1n) is 12.1. The summed E-state index contributed by atoms with van der Waals surface area (Å²) in [4.78, 5) is 39.1. The van der Waals surface area contributed by atoms with Gasteiger partial charge in [-0.15, -0.1) is 0 Å². The van der Waals surface area contributed by atoms with Crippen molar-refractivity contribution in [3.8, 4) is 11.5 Å². The minimum Gasteiger partial charge on any atom is -0.507 e. The Hall–Kier alpha value is -5.69. The molecule has 0 spiro atoms. The van der Waals surface area contributed by atoms with Crippen LogP contribution >= 0.6 is 0 Å². The standard InChI is InChI=1S/C15H13N3O4S.C14H10O5/c1-18-13(15(20)17-12-8-4-5-9-16-12)14(19)10-6-2-3-7-11(10)23(18,21)22;15-11-7-3-1-5-9(11)14(18)19-12-8-4-2-6-10(12)13(16)17/h2-9,19H,1H3,(H,16,17,20);1-8,15H,(H,16,17). The Labute approximate surface area is 239 Å². The molecule has 0 saturated heterocycles. The number of esters is 1. The third-order valence-corrected chi connectivity index (χ3v) is 7.70. The molecule has 4 N–H and O–H groups in total. The number of carbonyl (C=O) groups is 3. The minimum absolute atomic E-state index is 0.0253. The number of pyridine rings is 1. The lowest BCUT2D eigenvalue weighted by atomic mass is 10.1. The normalized spacial score (nSPS) is 13.2. The summed E-state index contributed by atoms with van der Waals surface area (Å²) < 4.78 is 30.8. The molecule has 42 heavy (non-hydrogen) atoms. The highest BCUT2D eigenvalue weighted by Crippen LogP contribution is 2.34. The highest BCUT2D eigenvalue weighted by Gasteiger charge is 2.37. The van der Waals surface area contributed by atoms with Crippen molar-refractivity contribution in [3.63, 3.8) is 0 Å². The number of carboxylic acids is 1. The van der Waals surface area contributed by atoms with Gasteiger partial charge in [0.1, 0.15) is 28.4 Å². The van der Waals surface area contributed by atoms with Gasteiger partial charge in [0.05, 0.1) is 4.90 Å². The molecule has 0 saturated carbocycles. The first kappa shape index (κ1) is 29.3. The number of fused-ring (bicyclic) bond motifs is 1. The van der Waals surface area contributed by atoms with E-state index in [0.717, 1.165) is 4.31 Å². The fourth-order valence-corrected chi connectivity index (χ4v) is 5.23. The maximum Gasteiger partial charge on any atom is 0.347 e. The molecule has 0 bridgehead atoms. The summed E-state index contributed by atoms with van der Waals surface area (Å²) in [6.45, 7) is 0. The van der Waals surface area contributed by atoms with E-state index in [4.69, 9.17) is 9.84 Å². The Balaban J connectivity index is 0.000000197. The number of aromatic nitrogens is 1. The van der Waals surface area contributed by atoms with Crippen LogP contribution in [-0.4, -0.2) is 57.9 Å². The van der Waals surface area contributed by atoms with Crippen molar-refractivity contribution in [1.29, 1.82) is 0 Å². The summed E-state index contributed by atoms with van der Waals surface area (Å²) in [5.41, 5.74) is -0.403. The number of aromatic carboxylic acids is 1. The fourth-order valence-electron chi connectivity index (χ4n) is 3.83. The zero-order valence-electron chi connectivity index (χ0n) is 21.8. The number of benzene rings is 3. The predicted molar refractivity (Wildman–Crippen MR) is 150 cm³/mol. The van der Waals surface area contributed by atoms with Gasteiger partial charge in [0, 0.05) is 18.8 Å². The highest BCUT2D eigenvalue weighted by molar-refractivity contribution is 7.89. The number of sulfonamides is 1. The van der Waals surface area contributed by atoms with Crippen molar-refractivity contribution in [2.75, 3.05) is 12.4 Å². The number of aliphatic hydroxyl groups is 1. The maximum atomic E-state index is 12.5.